The third-order valence-corrected chi connectivity index (χ3v) is 2.76. The summed E-state index contributed by atoms with van der Waals surface area (Å²) in [5, 5.41) is 13.9. The van der Waals surface area contributed by atoms with Crippen molar-refractivity contribution >= 4 is 11.4 Å². The van der Waals surface area contributed by atoms with Gasteiger partial charge in [-0.05, 0) is 31.2 Å². The molecule has 0 spiro atoms. The van der Waals surface area contributed by atoms with Crippen LogP contribution in [-0.2, 0) is 6.54 Å². The van der Waals surface area contributed by atoms with Crippen LogP contribution >= 0.6 is 0 Å². The minimum atomic E-state index is -0.362. The highest BCUT2D eigenvalue weighted by atomic mass is 16.6. The van der Waals surface area contributed by atoms with Gasteiger partial charge >= 0.3 is 0 Å². The molecule has 0 unspecified atom stereocenters. The maximum Gasteiger partial charge on any atom is 0.272 e. The number of aromatic nitrogens is 1. The molecular formula is C13H15N3O2. The lowest BCUT2D eigenvalue weighted by molar-refractivity contribution is -0.385. The van der Waals surface area contributed by atoms with Crippen molar-refractivity contribution in [2.24, 2.45) is 0 Å². The number of hydrogen-bond donors (Lipinski definition) is 1. The highest BCUT2D eigenvalue weighted by molar-refractivity contribution is 5.53. The monoisotopic (exact) mass is 245 g/mol. The molecule has 5 nitrogen and oxygen atoms in total. The van der Waals surface area contributed by atoms with E-state index in [1.165, 1.54) is 6.07 Å². The summed E-state index contributed by atoms with van der Waals surface area (Å²) in [6, 6.07) is 9.04. The number of nitrogens with one attached hydrogen (secondary N) is 1. The number of nitro benzene ring substituents is 1. The Kier molecular flexibility index (Phi) is 3.62. The van der Waals surface area contributed by atoms with E-state index in [9.17, 15) is 10.1 Å². The van der Waals surface area contributed by atoms with Crippen LogP contribution in [0.25, 0.3) is 0 Å². The lowest BCUT2D eigenvalue weighted by Gasteiger charge is -2.08. The summed E-state index contributed by atoms with van der Waals surface area (Å²) in [4.78, 5) is 10.3. The molecule has 0 fully saturated rings. The first kappa shape index (κ1) is 12.2. The standard InChI is InChI=1S/C13H15N3O2/c1-11-10-12(4-5-13(11)16(17)18)14-6-9-15-7-2-3-8-15/h2-5,7-8,10,14H,6,9H2,1H3. The first-order chi connectivity index (χ1) is 8.66. The van der Waals surface area contributed by atoms with Gasteiger partial charge in [-0.1, -0.05) is 0 Å². The molecule has 5 heteroatoms. The van der Waals surface area contributed by atoms with Crippen LogP contribution in [0.5, 0.6) is 0 Å². The SMILES string of the molecule is Cc1cc(NCCn2cccc2)ccc1[N+](=O)[O-]. The summed E-state index contributed by atoms with van der Waals surface area (Å²) in [5.74, 6) is 0. The minimum absolute atomic E-state index is 0.158. The summed E-state index contributed by atoms with van der Waals surface area (Å²) in [5.41, 5.74) is 1.74. The zero-order valence-electron chi connectivity index (χ0n) is 10.2. The van der Waals surface area contributed by atoms with Gasteiger partial charge in [0, 0.05) is 42.8 Å². The second kappa shape index (κ2) is 5.35. The summed E-state index contributed by atoms with van der Waals surface area (Å²) < 4.78 is 2.07. The van der Waals surface area contributed by atoms with Crippen molar-refractivity contribution in [3.05, 3.63) is 58.4 Å². The van der Waals surface area contributed by atoms with E-state index in [0.29, 0.717) is 5.56 Å². The average Bonchev–Trinajstić information content (AvgIpc) is 2.81. The van der Waals surface area contributed by atoms with Crippen LogP contribution in [0.15, 0.2) is 42.7 Å². The van der Waals surface area contributed by atoms with Gasteiger partial charge in [-0.3, -0.25) is 10.1 Å². The topological polar surface area (TPSA) is 60.1 Å². The van der Waals surface area contributed by atoms with E-state index in [-0.39, 0.29) is 10.6 Å². The maximum absolute atomic E-state index is 10.7. The first-order valence-electron chi connectivity index (χ1n) is 5.76. The lowest BCUT2D eigenvalue weighted by Crippen LogP contribution is -2.09. The minimum Gasteiger partial charge on any atom is -0.383 e. The molecule has 0 aliphatic heterocycles. The molecule has 1 aromatic carbocycles. The van der Waals surface area contributed by atoms with Crippen LogP contribution in [0, 0.1) is 17.0 Å². The Morgan fingerprint density at radius 2 is 2.06 bits per heavy atom. The summed E-state index contributed by atoms with van der Waals surface area (Å²) in [6.07, 6.45) is 4.01. The molecule has 1 N–H and O–H groups in total. The number of anilines is 1. The average molecular weight is 245 g/mol. The maximum atomic E-state index is 10.7. The Morgan fingerprint density at radius 3 is 2.67 bits per heavy atom. The van der Waals surface area contributed by atoms with Crippen LogP contribution in [-0.4, -0.2) is 16.0 Å². The van der Waals surface area contributed by atoms with Crippen molar-refractivity contribution in [3.63, 3.8) is 0 Å². The Balaban J connectivity index is 1.94. The summed E-state index contributed by atoms with van der Waals surface area (Å²) in [7, 11) is 0. The third kappa shape index (κ3) is 2.88. The van der Waals surface area contributed by atoms with Crippen molar-refractivity contribution in [2.75, 3.05) is 11.9 Å². The fourth-order valence-electron chi connectivity index (χ4n) is 1.82. The van der Waals surface area contributed by atoms with Gasteiger partial charge in [-0.15, -0.1) is 0 Å². The Labute approximate surface area is 105 Å². The Morgan fingerprint density at radius 1 is 1.33 bits per heavy atom. The molecule has 1 heterocycles. The number of nitrogens with zero attached hydrogens (tertiary/aromatic N) is 2. The molecule has 0 saturated carbocycles. The molecule has 1 aromatic heterocycles. The molecule has 0 bridgehead atoms. The third-order valence-electron chi connectivity index (χ3n) is 2.76. The zero-order chi connectivity index (χ0) is 13.0. The van der Waals surface area contributed by atoms with E-state index < -0.39 is 0 Å². The molecule has 0 saturated heterocycles. The number of rotatable bonds is 5. The molecule has 0 aliphatic carbocycles. The zero-order valence-corrected chi connectivity index (χ0v) is 10.2. The molecule has 0 aliphatic rings. The van der Waals surface area contributed by atoms with Crippen LogP contribution < -0.4 is 5.32 Å². The van der Waals surface area contributed by atoms with Crippen molar-refractivity contribution in [1.82, 2.24) is 4.57 Å². The second-order valence-corrected chi connectivity index (χ2v) is 4.11. The lowest BCUT2D eigenvalue weighted by atomic mass is 10.2. The van der Waals surface area contributed by atoms with Gasteiger partial charge in [0.25, 0.3) is 5.69 Å². The van der Waals surface area contributed by atoms with Crippen molar-refractivity contribution in [2.45, 2.75) is 13.5 Å². The molecule has 2 aromatic rings. The Bertz CT molecular complexity index is 535. The number of hydrogen-bond acceptors (Lipinski definition) is 3. The fraction of sp³-hybridized carbons (Fsp3) is 0.231. The fourth-order valence-corrected chi connectivity index (χ4v) is 1.82. The number of aryl methyl sites for hydroxylation is 1. The molecular weight excluding hydrogens is 230 g/mol. The summed E-state index contributed by atoms with van der Waals surface area (Å²) >= 11 is 0. The van der Waals surface area contributed by atoms with Gasteiger partial charge in [0.15, 0.2) is 0 Å². The summed E-state index contributed by atoms with van der Waals surface area (Å²) in [6.45, 7) is 3.39. The number of benzene rings is 1. The van der Waals surface area contributed by atoms with E-state index in [2.05, 4.69) is 9.88 Å². The van der Waals surface area contributed by atoms with E-state index >= 15 is 0 Å². The molecule has 0 radical (unpaired) electrons. The largest absolute Gasteiger partial charge is 0.383 e. The van der Waals surface area contributed by atoms with E-state index in [1.807, 2.05) is 24.5 Å². The van der Waals surface area contributed by atoms with Gasteiger partial charge in [-0.2, -0.15) is 0 Å². The van der Waals surface area contributed by atoms with Gasteiger partial charge in [0.1, 0.15) is 0 Å². The number of nitro groups is 1. The predicted molar refractivity (Wildman–Crippen MR) is 70.8 cm³/mol. The van der Waals surface area contributed by atoms with Crippen LogP contribution in [0.1, 0.15) is 5.56 Å². The van der Waals surface area contributed by atoms with Gasteiger partial charge in [0.2, 0.25) is 0 Å². The Hall–Kier alpha value is -2.30. The highest BCUT2D eigenvalue weighted by Gasteiger charge is 2.09. The van der Waals surface area contributed by atoms with Crippen molar-refractivity contribution in [1.29, 1.82) is 0 Å². The predicted octanol–water partition coefficient (Wildman–Crippen LogP) is 2.82. The van der Waals surface area contributed by atoms with Crippen LogP contribution in [0.2, 0.25) is 0 Å². The molecule has 2 rings (SSSR count). The van der Waals surface area contributed by atoms with E-state index in [1.54, 1.807) is 19.1 Å². The van der Waals surface area contributed by atoms with Gasteiger partial charge < -0.3 is 9.88 Å². The van der Waals surface area contributed by atoms with Crippen LogP contribution in [0.3, 0.4) is 0 Å². The second-order valence-electron chi connectivity index (χ2n) is 4.11. The van der Waals surface area contributed by atoms with Gasteiger partial charge in [-0.25, -0.2) is 0 Å². The quantitative estimate of drug-likeness (QED) is 0.651. The van der Waals surface area contributed by atoms with Crippen LogP contribution in [0.4, 0.5) is 11.4 Å². The molecule has 0 atom stereocenters. The highest BCUT2D eigenvalue weighted by Crippen LogP contribution is 2.21. The molecule has 94 valence electrons. The van der Waals surface area contributed by atoms with E-state index in [4.69, 9.17) is 0 Å². The first-order valence-corrected chi connectivity index (χ1v) is 5.76. The molecule has 18 heavy (non-hydrogen) atoms. The smallest absolute Gasteiger partial charge is 0.272 e. The van der Waals surface area contributed by atoms with E-state index in [0.717, 1.165) is 18.8 Å². The van der Waals surface area contributed by atoms with Gasteiger partial charge in [0.05, 0.1) is 4.92 Å². The normalized spacial score (nSPS) is 10.3. The van der Waals surface area contributed by atoms with Crippen molar-refractivity contribution in [3.8, 4) is 0 Å². The molecule has 0 amide bonds. The van der Waals surface area contributed by atoms with Crippen molar-refractivity contribution < 1.29 is 4.92 Å².